The first-order valence-electron chi connectivity index (χ1n) is 6.73. The SMILES string of the molecule is CCc1cc(C(=O)N2CCSCC2C)cc(NC)n1. The number of nitrogens with zero attached hydrogens (tertiary/aromatic N) is 2. The second-order valence-corrected chi connectivity index (χ2v) is 5.91. The van der Waals surface area contributed by atoms with Crippen molar-refractivity contribution in [1.82, 2.24) is 9.88 Å². The first-order valence-corrected chi connectivity index (χ1v) is 7.88. The molecule has 1 N–H and O–H groups in total. The van der Waals surface area contributed by atoms with Crippen LogP contribution in [-0.4, -0.2) is 46.9 Å². The number of amides is 1. The topological polar surface area (TPSA) is 45.2 Å². The predicted molar refractivity (Wildman–Crippen MR) is 81.0 cm³/mol. The maximum absolute atomic E-state index is 12.6. The summed E-state index contributed by atoms with van der Waals surface area (Å²) in [6, 6.07) is 4.07. The largest absolute Gasteiger partial charge is 0.373 e. The molecule has 2 heterocycles. The third kappa shape index (κ3) is 3.21. The van der Waals surface area contributed by atoms with Crippen LogP contribution in [0, 0.1) is 0 Å². The fraction of sp³-hybridized carbons (Fsp3) is 0.571. The summed E-state index contributed by atoms with van der Waals surface area (Å²) in [5, 5.41) is 3.03. The Bertz CT molecular complexity index is 442. The lowest BCUT2D eigenvalue weighted by atomic mass is 10.1. The minimum Gasteiger partial charge on any atom is -0.373 e. The summed E-state index contributed by atoms with van der Waals surface area (Å²) in [6.07, 6.45) is 0.835. The zero-order chi connectivity index (χ0) is 13.8. The molecule has 1 fully saturated rings. The van der Waals surface area contributed by atoms with Gasteiger partial charge in [-0.25, -0.2) is 4.98 Å². The van der Waals surface area contributed by atoms with Crippen molar-refractivity contribution in [2.45, 2.75) is 26.3 Å². The van der Waals surface area contributed by atoms with Crippen LogP contribution in [-0.2, 0) is 6.42 Å². The molecule has 1 atom stereocenters. The third-order valence-electron chi connectivity index (χ3n) is 3.37. The van der Waals surface area contributed by atoms with E-state index in [1.54, 1.807) is 0 Å². The van der Waals surface area contributed by atoms with Gasteiger partial charge in [0.1, 0.15) is 5.82 Å². The van der Waals surface area contributed by atoms with Crippen molar-refractivity contribution >= 4 is 23.5 Å². The van der Waals surface area contributed by atoms with Crippen LogP contribution in [0.3, 0.4) is 0 Å². The highest BCUT2D eigenvalue weighted by molar-refractivity contribution is 7.99. The number of aryl methyl sites for hydroxylation is 1. The number of aromatic nitrogens is 1. The van der Waals surface area contributed by atoms with Gasteiger partial charge in [-0.1, -0.05) is 6.92 Å². The number of carbonyl (C=O) groups is 1. The highest BCUT2D eigenvalue weighted by atomic mass is 32.2. The van der Waals surface area contributed by atoms with E-state index in [1.807, 2.05) is 35.8 Å². The summed E-state index contributed by atoms with van der Waals surface area (Å²) in [6.45, 7) is 5.00. The van der Waals surface area contributed by atoms with Gasteiger partial charge in [-0.3, -0.25) is 4.79 Å². The summed E-state index contributed by atoms with van der Waals surface area (Å²) in [5.41, 5.74) is 1.70. The minimum absolute atomic E-state index is 0.126. The fourth-order valence-corrected chi connectivity index (χ4v) is 3.23. The molecule has 0 saturated carbocycles. The van der Waals surface area contributed by atoms with Crippen LogP contribution in [0.2, 0.25) is 0 Å². The van der Waals surface area contributed by atoms with E-state index < -0.39 is 0 Å². The van der Waals surface area contributed by atoms with E-state index in [9.17, 15) is 4.79 Å². The van der Waals surface area contributed by atoms with Crippen molar-refractivity contribution in [3.63, 3.8) is 0 Å². The lowest BCUT2D eigenvalue weighted by Crippen LogP contribution is -2.44. The molecular weight excluding hydrogens is 258 g/mol. The van der Waals surface area contributed by atoms with E-state index in [-0.39, 0.29) is 5.91 Å². The molecule has 5 heteroatoms. The number of pyridine rings is 1. The zero-order valence-corrected chi connectivity index (χ0v) is 12.6. The van der Waals surface area contributed by atoms with E-state index >= 15 is 0 Å². The molecule has 1 unspecified atom stereocenters. The Morgan fingerprint density at radius 2 is 2.37 bits per heavy atom. The van der Waals surface area contributed by atoms with Gasteiger partial charge in [0.15, 0.2) is 0 Å². The van der Waals surface area contributed by atoms with E-state index in [1.165, 1.54) is 0 Å². The summed E-state index contributed by atoms with van der Waals surface area (Å²) in [5.74, 6) is 2.94. The molecule has 0 radical (unpaired) electrons. The normalized spacial score (nSPS) is 19.3. The number of hydrogen-bond donors (Lipinski definition) is 1. The number of anilines is 1. The van der Waals surface area contributed by atoms with Gasteiger partial charge in [0.2, 0.25) is 0 Å². The van der Waals surface area contributed by atoms with E-state index in [0.29, 0.717) is 6.04 Å². The van der Waals surface area contributed by atoms with Gasteiger partial charge in [0, 0.05) is 42.4 Å². The highest BCUT2D eigenvalue weighted by Crippen LogP contribution is 2.20. The molecule has 104 valence electrons. The molecule has 1 aliphatic heterocycles. The summed E-state index contributed by atoms with van der Waals surface area (Å²) >= 11 is 1.92. The maximum atomic E-state index is 12.6. The standard InChI is InChI=1S/C14H21N3OS/c1-4-12-7-11(8-13(15-3)16-12)14(18)17-5-6-19-9-10(17)2/h7-8,10H,4-6,9H2,1-3H3,(H,15,16). The van der Waals surface area contributed by atoms with Gasteiger partial charge in [-0.2, -0.15) is 11.8 Å². The first-order chi connectivity index (χ1) is 9.15. The average molecular weight is 279 g/mol. The molecule has 0 spiro atoms. The molecule has 0 bridgehead atoms. The van der Waals surface area contributed by atoms with Crippen molar-refractivity contribution in [2.75, 3.05) is 30.4 Å². The molecule has 1 aromatic heterocycles. The van der Waals surface area contributed by atoms with Crippen molar-refractivity contribution < 1.29 is 4.79 Å². The Morgan fingerprint density at radius 1 is 1.58 bits per heavy atom. The minimum atomic E-state index is 0.126. The molecule has 1 aliphatic rings. The molecule has 2 rings (SSSR count). The lowest BCUT2D eigenvalue weighted by Gasteiger charge is -2.33. The van der Waals surface area contributed by atoms with Crippen molar-refractivity contribution in [1.29, 1.82) is 0 Å². The Balaban J connectivity index is 2.26. The number of rotatable bonds is 3. The second kappa shape index (κ2) is 6.28. The highest BCUT2D eigenvalue weighted by Gasteiger charge is 2.25. The van der Waals surface area contributed by atoms with Gasteiger partial charge in [-0.05, 0) is 25.5 Å². The molecule has 1 saturated heterocycles. The van der Waals surface area contributed by atoms with Crippen LogP contribution in [0.4, 0.5) is 5.82 Å². The van der Waals surface area contributed by atoms with E-state index in [4.69, 9.17) is 0 Å². The number of nitrogens with one attached hydrogen (secondary N) is 1. The molecule has 0 aromatic carbocycles. The van der Waals surface area contributed by atoms with Gasteiger partial charge in [0.05, 0.1) is 0 Å². The molecule has 4 nitrogen and oxygen atoms in total. The van der Waals surface area contributed by atoms with Crippen LogP contribution < -0.4 is 5.32 Å². The Hall–Kier alpha value is -1.23. The second-order valence-electron chi connectivity index (χ2n) is 4.76. The molecule has 19 heavy (non-hydrogen) atoms. The van der Waals surface area contributed by atoms with E-state index in [2.05, 4.69) is 24.1 Å². The summed E-state index contributed by atoms with van der Waals surface area (Å²) < 4.78 is 0. The lowest BCUT2D eigenvalue weighted by molar-refractivity contribution is 0.0716. The summed E-state index contributed by atoms with van der Waals surface area (Å²) in [4.78, 5) is 19.0. The van der Waals surface area contributed by atoms with Crippen LogP contribution in [0.25, 0.3) is 0 Å². The number of thioether (sulfide) groups is 1. The third-order valence-corrected chi connectivity index (χ3v) is 4.56. The van der Waals surface area contributed by atoms with Crippen molar-refractivity contribution in [2.24, 2.45) is 0 Å². The van der Waals surface area contributed by atoms with Crippen molar-refractivity contribution in [3.05, 3.63) is 23.4 Å². The Labute approximate surface area is 119 Å². The summed E-state index contributed by atoms with van der Waals surface area (Å²) in [7, 11) is 1.83. The van der Waals surface area contributed by atoms with Crippen LogP contribution >= 0.6 is 11.8 Å². The fourth-order valence-electron chi connectivity index (χ4n) is 2.22. The maximum Gasteiger partial charge on any atom is 0.254 e. The first kappa shape index (κ1) is 14.2. The number of carbonyl (C=O) groups excluding carboxylic acids is 1. The predicted octanol–water partition coefficient (Wildman–Crippen LogP) is 2.26. The molecule has 1 amide bonds. The molecule has 1 aromatic rings. The van der Waals surface area contributed by atoms with Gasteiger partial charge >= 0.3 is 0 Å². The average Bonchev–Trinajstić information content (AvgIpc) is 2.46. The Kier molecular flexibility index (Phi) is 4.69. The smallest absolute Gasteiger partial charge is 0.254 e. The van der Waals surface area contributed by atoms with Crippen molar-refractivity contribution in [3.8, 4) is 0 Å². The van der Waals surface area contributed by atoms with E-state index in [0.717, 1.165) is 41.5 Å². The van der Waals surface area contributed by atoms with Gasteiger partial charge in [0.25, 0.3) is 5.91 Å². The van der Waals surface area contributed by atoms with Crippen LogP contribution in [0.1, 0.15) is 29.9 Å². The van der Waals surface area contributed by atoms with Gasteiger partial charge in [-0.15, -0.1) is 0 Å². The molecule has 0 aliphatic carbocycles. The molecular formula is C14H21N3OS. The van der Waals surface area contributed by atoms with Crippen LogP contribution in [0.15, 0.2) is 12.1 Å². The Morgan fingerprint density at radius 3 is 3.00 bits per heavy atom. The van der Waals surface area contributed by atoms with Crippen LogP contribution in [0.5, 0.6) is 0 Å². The monoisotopic (exact) mass is 279 g/mol. The number of hydrogen-bond acceptors (Lipinski definition) is 4. The van der Waals surface area contributed by atoms with Gasteiger partial charge < -0.3 is 10.2 Å². The quantitative estimate of drug-likeness (QED) is 0.922. The zero-order valence-electron chi connectivity index (χ0n) is 11.8.